The van der Waals surface area contributed by atoms with Gasteiger partial charge in [0.15, 0.2) is 12.4 Å². The number of nitrogens with zero attached hydrogens (tertiary/aromatic N) is 1. The molecule has 2 aromatic rings. The molecule has 1 heterocycles. The summed E-state index contributed by atoms with van der Waals surface area (Å²) in [7, 11) is 1.71. The molecule has 0 fully saturated rings. The molecular formula is C16H15F3N2O3. The van der Waals surface area contributed by atoms with Crippen LogP contribution in [0.2, 0.25) is 0 Å². The summed E-state index contributed by atoms with van der Waals surface area (Å²) in [6.07, 6.45) is -2.93. The Hall–Kier alpha value is -2.77. The molecule has 0 aliphatic rings. The van der Waals surface area contributed by atoms with E-state index in [2.05, 4.69) is 5.32 Å². The third kappa shape index (κ3) is 4.15. The molecule has 8 heteroatoms. The van der Waals surface area contributed by atoms with Crippen LogP contribution in [0.3, 0.4) is 0 Å². The summed E-state index contributed by atoms with van der Waals surface area (Å²) in [4.78, 5) is 23.6. The molecule has 1 aromatic carbocycles. The second-order valence-electron chi connectivity index (χ2n) is 5.12. The van der Waals surface area contributed by atoms with Gasteiger partial charge in [0, 0.05) is 25.0 Å². The van der Waals surface area contributed by atoms with Gasteiger partial charge in [-0.25, -0.2) is 0 Å². The number of benzene rings is 1. The van der Waals surface area contributed by atoms with E-state index in [-0.39, 0.29) is 16.9 Å². The number of amides is 1. The van der Waals surface area contributed by atoms with E-state index >= 15 is 0 Å². The topological polar surface area (TPSA) is 60.3 Å². The Balaban J connectivity index is 2.05. The van der Waals surface area contributed by atoms with E-state index in [0.29, 0.717) is 5.69 Å². The Bertz CT molecular complexity index is 813. The maximum atomic E-state index is 12.6. The highest BCUT2D eigenvalue weighted by Gasteiger charge is 2.30. The number of aromatic nitrogens is 1. The van der Waals surface area contributed by atoms with Crippen molar-refractivity contribution in [3.05, 3.63) is 58.0 Å². The number of aryl methyl sites for hydroxylation is 1. The third-order valence-corrected chi connectivity index (χ3v) is 3.35. The van der Waals surface area contributed by atoms with E-state index < -0.39 is 24.3 Å². The minimum atomic E-state index is -4.50. The first-order valence-corrected chi connectivity index (χ1v) is 6.94. The third-order valence-electron chi connectivity index (χ3n) is 3.35. The first-order chi connectivity index (χ1) is 11.2. The number of hydrogen-bond acceptors (Lipinski definition) is 3. The predicted molar refractivity (Wildman–Crippen MR) is 82.0 cm³/mol. The predicted octanol–water partition coefficient (Wildman–Crippen LogP) is 2.73. The largest absolute Gasteiger partial charge is 0.478 e. The van der Waals surface area contributed by atoms with Crippen molar-refractivity contribution >= 4 is 11.6 Å². The van der Waals surface area contributed by atoms with Crippen molar-refractivity contribution < 1.29 is 22.7 Å². The molecule has 24 heavy (non-hydrogen) atoms. The fraction of sp³-hybridized carbons (Fsp3) is 0.250. The van der Waals surface area contributed by atoms with Gasteiger partial charge in [0.1, 0.15) is 0 Å². The van der Waals surface area contributed by atoms with Crippen LogP contribution in [0, 0.1) is 6.92 Å². The van der Waals surface area contributed by atoms with Gasteiger partial charge in [-0.2, -0.15) is 13.2 Å². The quantitative estimate of drug-likeness (QED) is 0.931. The van der Waals surface area contributed by atoms with Gasteiger partial charge in [-0.3, -0.25) is 9.59 Å². The monoisotopic (exact) mass is 340 g/mol. The molecule has 1 N–H and O–H groups in total. The van der Waals surface area contributed by atoms with Crippen molar-refractivity contribution in [3.63, 3.8) is 0 Å². The van der Waals surface area contributed by atoms with Crippen LogP contribution < -0.4 is 15.5 Å². The standard InChI is InChI=1S/C16H15F3N2O3/c1-10-15(13(22)6-7-21(10)2)24-9-14(23)20-12-5-3-4-11(8-12)16(17,18)19/h3-8H,9H2,1-2H3,(H,20,23). The molecule has 0 aliphatic carbocycles. The average molecular weight is 340 g/mol. The highest BCUT2D eigenvalue weighted by atomic mass is 19.4. The van der Waals surface area contributed by atoms with Gasteiger partial charge in [-0.1, -0.05) is 6.07 Å². The summed E-state index contributed by atoms with van der Waals surface area (Å²) in [6.45, 7) is 1.16. The van der Waals surface area contributed by atoms with Crippen LogP contribution in [0.5, 0.6) is 5.75 Å². The number of carbonyl (C=O) groups excluding carboxylic acids is 1. The minimum Gasteiger partial charge on any atom is -0.478 e. The van der Waals surface area contributed by atoms with Crippen LogP contribution in [0.4, 0.5) is 18.9 Å². The van der Waals surface area contributed by atoms with Crippen molar-refractivity contribution in [3.8, 4) is 5.75 Å². The van der Waals surface area contributed by atoms with Gasteiger partial charge in [0.2, 0.25) is 5.43 Å². The summed E-state index contributed by atoms with van der Waals surface area (Å²) in [5, 5.41) is 2.31. The summed E-state index contributed by atoms with van der Waals surface area (Å²) < 4.78 is 44.7. The number of carbonyl (C=O) groups is 1. The van der Waals surface area contributed by atoms with Crippen molar-refractivity contribution in [1.82, 2.24) is 4.57 Å². The summed E-state index contributed by atoms with van der Waals surface area (Å²) in [5.41, 5.74) is -0.711. The van der Waals surface area contributed by atoms with Crippen LogP contribution in [0.1, 0.15) is 11.3 Å². The van der Waals surface area contributed by atoms with Crippen molar-refractivity contribution in [1.29, 1.82) is 0 Å². The zero-order chi connectivity index (χ0) is 17.9. The molecule has 0 saturated heterocycles. The molecule has 0 unspecified atom stereocenters. The molecule has 0 atom stereocenters. The van der Waals surface area contributed by atoms with Gasteiger partial charge in [-0.05, 0) is 25.1 Å². The number of hydrogen-bond donors (Lipinski definition) is 1. The number of rotatable bonds is 4. The van der Waals surface area contributed by atoms with Gasteiger partial charge in [-0.15, -0.1) is 0 Å². The van der Waals surface area contributed by atoms with Crippen LogP contribution in [-0.4, -0.2) is 17.1 Å². The second-order valence-corrected chi connectivity index (χ2v) is 5.12. The maximum Gasteiger partial charge on any atom is 0.416 e. The van der Waals surface area contributed by atoms with Crippen LogP contribution in [-0.2, 0) is 18.0 Å². The number of nitrogens with one attached hydrogen (secondary N) is 1. The molecule has 1 amide bonds. The molecule has 0 spiro atoms. The normalized spacial score (nSPS) is 11.2. The Morgan fingerprint density at radius 3 is 2.67 bits per heavy atom. The molecule has 0 saturated carbocycles. The number of ether oxygens (including phenoxy) is 1. The molecule has 0 radical (unpaired) electrons. The number of halogens is 3. The summed E-state index contributed by atoms with van der Waals surface area (Å²) in [6, 6.07) is 5.55. The first-order valence-electron chi connectivity index (χ1n) is 6.94. The fourth-order valence-corrected chi connectivity index (χ4v) is 1.99. The van der Waals surface area contributed by atoms with E-state index in [1.165, 1.54) is 18.2 Å². The van der Waals surface area contributed by atoms with Gasteiger partial charge >= 0.3 is 6.18 Å². The molecule has 1 aromatic heterocycles. The van der Waals surface area contributed by atoms with Crippen LogP contribution in [0.15, 0.2) is 41.3 Å². The van der Waals surface area contributed by atoms with E-state index in [1.54, 1.807) is 24.7 Å². The molecule has 0 aliphatic heterocycles. The highest BCUT2D eigenvalue weighted by Crippen LogP contribution is 2.30. The van der Waals surface area contributed by atoms with Crippen LogP contribution >= 0.6 is 0 Å². The molecule has 0 bridgehead atoms. The van der Waals surface area contributed by atoms with Gasteiger partial charge < -0.3 is 14.6 Å². The first kappa shape index (κ1) is 17.6. The zero-order valence-electron chi connectivity index (χ0n) is 13.0. The summed E-state index contributed by atoms with van der Waals surface area (Å²) in [5.74, 6) is -0.640. The van der Waals surface area contributed by atoms with E-state index in [1.807, 2.05) is 0 Å². The fourth-order valence-electron chi connectivity index (χ4n) is 1.99. The number of alkyl halides is 3. The molecule has 5 nitrogen and oxygen atoms in total. The Morgan fingerprint density at radius 1 is 1.29 bits per heavy atom. The molecular weight excluding hydrogens is 325 g/mol. The van der Waals surface area contributed by atoms with Crippen molar-refractivity contribution in [2.75, 3.05) is 11.9 Å². The molecule has 2 rings (SSSR count). The van der Waals surface area contributed by atoms with Gasteiger partial charge in [0.25, 0.3) is 5.91 Å². The van der Waals surface area contributed by atoms with E-state index in [9.17, 15) is 22.8 Å². The Labute approximate surface area is 135 Å². The van der Waals surface area contributed by atoms with Crippen molar-refractivity contribution in [2.24, 2.45) is 7.05 Å². The molecule has 128 valence electrons. The lowest BCUT2D eigenvalue weighted by Crippen LogP contribution is -2.23. The Morgan fingerprint density at radius 2 is 2.00 bits per heavy atom. The van der Waals surface area contributed by atoms with Crippen LogP contribution in [0.25, 0.3) is 0 Å². The number of pyridine rings is 1. The smallest absolute Gasteiger partial charge is 0.416 e. The Kier molecular flexibility index (Phi) is 4.96. The van der Waals surface area contributed by atoms with E-state index in [0.717, 1.165) is 12.1 Å². The average Bonchev–Trinajstić information content (AvgIpc) is 2.50. The second kappa shape index (κ2) is 6.77. The van der Waals surface area contributed by atoms with Crippen molar-refractivity contribution in [2.45, 2.75) is 13.1 Å². The lowest BCUT2D eigenvalue weighted by Gasteiger charge is -2.12. The van der Waals surface area contributed by atoms with Gasteiger partial charge in [0.05, 0.1) is 11.3 Å². The maximum absolute atomic E-state index is 12.6. The summed E-state index contributed by atoms with van der Waals surface area (Å²) >= 11 is 0. The lowest BCUT2D eigenvalue weighted by atomic mass is 10.2. The lowest BCUT2D eigenvalue weighted by molar-refractivity contribution is -0.137. The zero-order valence-corrected chi connectivity index (χ0v) is 13.0. The minimum absolute atomic E-state index is 0.00360. The van der Waals surface area contributed by atoms with E-state index in [4.69, 9.17) is 4.74 Å². The highest BCUT2D eigenvalue weighted by molar-refractivity contribution is 5.91. The number of anilines is 1. The SMILES string of the molecule is Cc1c(OCC(=O)Nc2cccc(C(F)(F)F)c2)c(=O)ccn1C.